The molecule has 1 aliphatic rings. The highest BCUT2D eigenvalue weighted by atomic mass is 32.2. The predicted octanol–water partition coefficient (Wildman–Crippen LogP) is 0.935. The fourth-order valence-electron chi connectivity index (χ4n) is 1.39. The number of hydrogen-bond acceptors (Lipinski definition) is 3. The maximum Gasteiger partial charge on any atom is 0.0130 e. The molecule has 1 rings (SSSR count). The second-order valence-corrected chi connectivity index (χ2v) is 3.70. The molecule has 1 aliphatic heterocycles. The molecule has 1 heterocycles. The molecule has 1 atom stereocenters. The van der Waals surface area contributed by atoms with Crippen LogP contribution in [0.1, 0.15) is 12.8 Å². The molecule has 1 fully saturated rings. The van der Waals surface area contributed by atoms with Gasteiger partial charge in [0.2, 0.25) is 0 Å². The predicted molar refractivity (Wildman–Crippen MR) is 46.9 cm³/mol. The second kappa shape index (κ2) is 4.21. The molecule has 0 saturated carbocycles. The van der Waals surface area contributed by atoms with E-state index in [9.17, 15) is 0 Å². The maximum absolute atomic E-state index is 5.58. The van der Waals surface area contributed by atoms with E-state index in [1.165, 1.54) is 25.9 Å². The van der Waals surface area contributed by atoms with Crippen LogP contribution >= 0.6 is 11.9 Å². The first-order valence-electron chi connectivity index (χ1n) is 3.86. The Bertz CT molecular complexity index is 87.6. The number of rotatable bonds is 2. The van der Waals surface area contributed by atoms with Crippen LogP contribution in [0, 0.1) is 5.92 Å². The maximum atomic E-state index is 5.58. The van der Waals surface area contributed by atoms with Crippen LogP contribution in [0.3, 0.4) is 0 Å². The van der Waals surface area contributed by atoms with Crippen LogP contribution in [0.25, 0.3) is 0 Å². The van der Waals surface area contributed by atoms with E-state index in [1.807, 2.05) is 11.9 Å². The van der Waals surface area contributed by atoms with Crippen molar-refractivity contribution in [2.24, 2.45) is 11.7 Å². The summed E-state index contributed by atoms with van der Waals surface area (Å²) < 4.78 is 2.40. The van der Waals surface area contributed by atoms with Gasteiger partial charge in [-0.05, 0) is 31.6 Å². The summed E-state index contributed by atoms with van der Waals surface area (Å²) in [4.78, 5) is 0. The summed E-state index contributed by atoms with van der Waals surface area (Å²) >= 11 is 1.84. The smallest absolute Gasteiger partial charge is 0.0130 e. The minimum absolute atomic E-state index is 0.751. The van der Waals surface area contributed by atoms with E-state index in [2.05, 4.69) is 10.6 Å². The van der Waals surface area contributed by atoms with Gasteiger partial charge in [-0.2, -0.15) is 0 Å². The summed E-state index contributed by atoms with van der Waals surface area (Å²) in [6, 6.07) is 0. The van der Waals surface area contributed by atoms with Gasteiger partial charge in [-0.25, -0.2) is 0 Å². The highest BCUT2D eigenvalue weighted by Crippen LogP contribution is 2.19. The Morgan fingerprint density at radius 3 is 3.10 bits per heavy atom. The fourth-order valence-corrected chi connectivity index (χ4v) is 2.06. The van der Waals surface area contributed by atoms with Crippen LogP contribution < -0.4 is 5.73 Å². The summed E-state index contributed by atoms with van der Waals surface area (Å²) in [5, 5.41) is 0. The minimum Gasteiger partial charge on any atom is -0.330 e. The normalized spacial score (nSPS) is 28.8. The molecule has 0 radical (unpaired) electrons. The summed E-state index contributed by atoms with van der Waals surface area (Å²) in [5.74, 6) is 0.751. The Hall–Kier alpha value is 0.270. The molecule has 0 bridgehead atoms. The number of piperidine rings is 1. The minimum atomic E-state index is 0.751. The van der Waals surface area contributed by atoms with Crippen LogP contribution in [0.5, 0.6) is 0 Å². The number of nitrogens with zero attached hydrogens (tertiary/aromatic N) is 1. The highest BCUT2D eigenvalue weighted by Gasteiger charge is 2.17. The average molecular weight is 160 g/mol. The third-order valence-corrected chi connectivity index (χ3v) is 2.92. The van der Waals surface area contributed by atoms with Crippen molar-refractivity contribution in [2.75, 3.05) is 25.9 Å². The molecule has 2 N–H and O–H groups in total. The van der Waals surface area contributed by atoms with E-state index in [-0.39, 0.29) is 0 Å². The Kier molecular flexibility index (Phi) is 3.52. The lowest BCUT2D eigenvalue weighted by molar-refractivity contribution is 0.291. The SMILES string of the molecule is CSN1CCCC(CN)C1. The standard InChI is InChI=1S/C7H16N2S/c1-10-9-4-2-3-7(5-8)6-9/h7H,2-6,8H2,1H3. The van der Waals surface area contributed by atoms with Crippen molar-refractivity contribution in [3.05, 3.63) is 0 Å². The van der Waals surface area contributed by atoms with Crippen LogP contribution in [0.4, 0.5) is 0 Å². The van der Waals surface area contributed by atoms with Gasteiger partial charge in [0, 0.05) is 13.1 Å². The zero-order valence-corrected chi connectivity index (χ0v) is 7.36. The van der Waals surface area contributed by atoms with Gasteiger partial charge in [-0.3, -0.25) is 4.31 Å². The third kappa shape index (κ3) is 2.15. The van der Waals surface area contributed by atoms with Gasteiger partial charge >= 0.3 is 0 Å². The Labute approximate surface area is 67.3 Å². The average Bonchev–Trinajstić information content (AvgIpc) is 2.05. The Balaban J connectivity index is 2.25. The van der Waals surface area contributed by atoms with Crippen molar-refractivity contribution >= 4 is 11.9 Å². The van der Waals surface area contributed by atoms with Crippen LogP contribution in [-0.2, 0) is 0 Å². The topological polar surface area (TPSA) is 29.3 Å². The van der Waals surface area contributed by atoms with Gasteiger partial charge < -0.3 is 5.73 Å². The van der Waals surface area contributed by atoms with Gasteiger partial charge in [0.25, 0.3) is 0 Å². The van der Waals surface area contributed by atoms with E-state index in [1.54, 1.807) is 0 Å². The van der Waals surface area contributed by atoms with Gasteiger partial charge in [-0.15, -0.1) is 0 Å². The summed E-state index contributed by atoms with van der Waals surface area (Å²) in [7, 11) is 0. The van der Waals surface area contributed by atoms with E-state index < -0.39 is 0 Å². The zero-order valence-electron chi connectivity index (χ0n) is 6.55. The first kappa shape index (κ1) is 8.37. The van der Waals surface area contributed by atoms with Crippen molar-refractivity contribution in [2.45, 2.75) is 12.8 Å². The fraction of sp³-hybridized carbons (Fsp3) is 1.00. The third-order valence-electron chi connectivity index (χ3n) is 2.07. The summed E-state index contributed by atoms with van der Waals surface area (Å²) in [6.45, 7) is 3.30. The molecule has 1 saturated heterocycles. The van der Waals surface area contributed by atoms with E-state index >= 15 is 0 Å². The molecule has 1 unspecified atom stereocenters. The lowest BCUT2D eigenvalue weighted by Crippen LogP contribution is -2.33. The van der Waals surface area contributed by atoms with Crippen molar-refractivity contribution in [3.63, 3.8) is 0 Å². The first-order chi connectivity index (χ1) is 4.86. The second-order valence-electron chi connectivity index (χ2n) is 2.81. The molecule has 2 nitrogen and oxygen atoms in total. The number of nitrogens with two attached hydrogens (primary N) is 1. The van der Waals surface area contributed by atoms with Crippen molar-refractivity contribution in [1.82, 2.24) is 4.31 Å². The molecule has 10 heavy (non-hydrogen) atoms. The molecule has 0 spiro atoms. The number of hydrogen-bond donors (Lipinski definition) is 1. The van der Waals surface area contributed by atoms with Crippen molar-refractivity contribution < 1.29 is 0 Å². The molecule has 60 valence electrons. The monoisotopic (exact) mass is 160 g/mol. The van der Waals surface area contributed by atoms with E-state index in [0.717, 1.165) is 12.5 Å². The molecule has 0 amide bonds. The van der Waals surface area contributed by atoms with Gasteiger partial charge in [0.05, 0.1) is 0 Å². The molecule has 3 heteroatoms. The molecular formula is C7H16N2S. The van der Waals surface area contributed by atoms with Crippen LogP contribution in [-0.4, -0.2) is 30.2 Å². The van der Waals surface area contributed by atoms with Crippen LogP contribution in [0.2, 0.25) is 0 Å². The molecule has 0 aliphatic carbocycles. The van der Waals surface area contributed by atoms with Gasteiger partial charge in [-0.1, -0.05) is 11.9 Å². The van der Waals surface area contributed by atoms with E-state index in [0.29, 0.717) is 0 Å². The lowest BCUT2D eigenvalue weighted by atomic mass is 10.0. The Morgan fingerprint density at radius 1 is 1.70 bits per heavy atom. The zero-order chi connectivity index (χ0) is 7.40. The molecule has 0 aromatic carbocycles. The summed E-state index contributed by atoms with van der Waals surface area (Å²) in [6.07, 6.45) is 4.79. The Morgan fingerprint density at radius 2 is 2.50 bits per heavy atom. The van der Waals surface area contributed by atoms with Gasteiger partial charge in [0.1, 0.15) is 0 Å². The van der Waals surface area contributed by atoms with E-state index in [4.69, 9.17) is 5.73 Å². The van der Waals surface area contributed by atoms with Crippen LogP contribution in [0.15, 0.2) is 0 Å². The molecular weight excluding hydrogens is 144 g/mol. The quantitative estimate of drug-likeness (QED) is 0.609. The lowest BCUT2D eigenvalue weighted by Gasteiger charge is -2.29. The molecule has 0 aromatic rings. The van der Waals surface area contributed by atoms with Crippen molar-refractivity contribution in [1.29, 1.82) is 0 Å². The molecule has 0 aromatic heterocycles. The highest BCUT2D eigenvalue weighted by molar-refractivity contribution is 7.96. The van der Waals surface area contributed by atoms with Gasteiger partial charge in [0.15, 0.2) is 0 Å². The summed E-state index contributed by atoms with van der Waals surface area (Å²) in [5.41, 5.74) is 5.58. The largest absolute Gasteiger partial charge is 0.330 e. The first-order valence-corrected chi connectivity index (χ1v) is 5.04. The van der Waals surface area contributed by atoms with Crippen molar-refractivity contribution in [3.8, 4) is 0 Å².